The number of benzene rings is 1. The van der Waals surface area contributed by atoms with E-state index in [0.29, 0.717) is 10.0 Å². The standard InChI is InChI=1S/C7H5BrO2.Cl2O2S/c8-6-4-2-1-3-5(6)7(9)10;1-5(2,3)4/h1-4H,(H,9,10);. The molecule has 1 aromatic rings. The van der Waals surface area contributed by atoms with Gasteiger partial charge in [0, 0.05) is 25.8 Å². The maximum Gasteiger partial charge on any atom is 0.336 e. The first-order valence-electron chi connectivity index (χ1n) is 3.34. The van der Waals surface area contributed by atoms with E-state index in [-0.39, 0.29) is 0 Å². The minimum atomic E-state index is -3.72. The highest BCUT2D eigenvalue weighted by molar-refractivity contribution is 9.10. The van der Waals surface area contributed by atoms with Gasteiger partial charge in [-0.05, 0) is 28.1 Å². The summed E-state index contributed by atoms with van der Waals surface area (Å²) in [4.78, 5) is 10.4. The van der Waals surface area contributed by atoms with Crippen molar-refractivity contribution < 1.29 is 18.3 Å². The second kappa shape index (κ2) is 6.32. The molecule has 4 nitrogen and oxygen atoms in total. The lowest BCUT2D eigenvalue weighted by Gasteiger charge is -1.94. The highest BCUT2D eigenvalue weighted by Crippen LogP contribution is 2.14. The Bertz CT molecular complexity index is 438. The van der Waals surface area contributed by atoms with E-state index in [1.54, 1.807) is 24.3 Å². The Kier molecular flexibility index (Phi) is 6.19. The van der Waals surface area contributed by atoms with Crippen molar-refractivity contribution in [3.05, 3.63) is 34.3 Å². The molecule has 0 amide bonds. The Hall–Kier alpha value is -0.300. The summed E-state index contributed by atoms with van der Waals surface area (Å²) in [5, 5.41) is 8.54. The fourth-order valence-corrected chi connectivity index (χ4v) is 1.09. The SMILES string of the molecule is O=C(O)c1ccccc1Br.O=S(=O)(Cl)Cl. The highest BCUT2D eigenvalue weighted by atomic mass is 79.9. The third-order valence-corrected chi connectivity index (χ3v) is 1.80. The molecule has 8 heteroatoms. The van der Waals surface area contributed by atoms with Gasteiger partial charge in [-0.2, -0.15) is 8.42 Å². The smallest absolute Gasteiger partial charge is 0.336 e. The minimum Gasteiger partial charge on any atom is -0.478 e. The van der Waals surface area contributed by atoms with Gasteiger partial charge in [0.15, 0.2) is 0 Å². The molecule has 15 heavy (non-hydrogen) atoms. The molecule has 0 radical (unpaired) electrons. The Morgan fingerprint density at radius 1 is 1.27 bits per heavy atom. The molecule has 0 saturated heterocycles. The van der Waals surface area contributed by atoms with E-state index in [4.69, 9.17) is 13.5 Å². The van der Waals surface area contributed by atoms with Crippen molar-refractivity contribution in [2.75, 3.05) is 0 Å². The van der Waals surface area contributed by atoms with Crippen LogP contribution in [0.4, 0.5) is 0 Å². The predicted octanol–water partition coefficient (Wildman–Crippen LogP) is 2.86. The molecular formula is C7H5BrCl2O4S. The van der Waals surface area contributed by atoms with Gasteiger partial charge in [0.25, 0.3) is 0 Å². The molecule has 0 aromatic heterocycles. The molecule has 84 valence electrons. The first-order valence-corrected chi connectivity index (χ1v) is 7.26. The topological polar surface area (TPSA) is 71.4 Å². The van der Waals surface area contributed by atoms with Crippen LogP contribution in [0.1, 0.15) is 10.4 Å². The number of rotatable bonds is 1. The quantitative estimate of drug-likeness (QED) is 0.801. The van der Waals surface area contributed by atoms with Gasteiger partial charge in [0.2, 0.25) is 0 Å². The molecule has 0 aliphatic heterocycles. The molecule has 0 saturated carbocycles. The van der Waals surface area contributed by atoms with Crippen LogP contribution in [0.15, 0.2) is 28.7 Å². The van der Waals surface area contributed by atoms with E-state index in [1.807, 2.05) is 0 Å². The van der Waals surface area contributed by atoms with E-state index < -0.39 is 14.2 Å². The van der Waals surface area contributed by atoms with Gasteiger partial charge in [-0.3, -0.25) is 0 Å². The summed E-state index contributed by atoms with van der Waals surface area (Å²) >= 11 is 3.12. The summed E-state index contributed by atoms with van der Waals surface area (Å²) in [6.07, 6.45) is 0. The van der Waals surface area contributed by atoms with Crippen LogP contribution in [0.5, 0.6) is 0 Å². The zero-order valence-corrected chi connectivity index (χ0v) is 10.9. The molecular weight excluding hydrogens is 331 g/mol. The lowest BCUT2D eigenvalue weighted by molar-refractivity contribution is 0.0696. The number of hydrogen-bond donors (Lipinski definition) is 1. The summed E-state index contributed by atoms with van der Waals surface area (Å²) in [5.74, 6) is -0.910. The van der Waals surface area contributed by atoms with Crippen molar-refractivity contribution in [2.24, 2.45) is 0 Å². The maximum atomic E-state index is 10.4. The third kappa shape index (κ3) is 8.68. The van der Waals surface area contributed by atoms with E-state index in [0.717, 1.165) is 0 Å². The molecule has 1 N–H and O–H groups in total. The molecule has 1 aromatic carbocycles. The van der Waals surface area contributed by atoms with Crippen molar-refractivity contribution in [1.82, 2.24) is 0 Å². The van der Waals surface area contributed by atoms with Crippen molar-refractivity contribution in [1.29, 1.82) is 0 Å². The van der Waals surface area contributed by atoms with Gasteiger partial charge in [0.1, 0.15) is 0 Å². The van der Waals surface area contributed by atoms with E-state index >= 15 is 0 Å². The molecule has 0 spiro atoms. The van der Waals surface area contributed by atoms with Crippen LogP contribution < -0.4 is 0 Å². The average molecular weight is 336 g/mol. The normalized spacial score (nSPS) is 10.1. The number of carboxylic acid groups (broad SMARTS) is 1. The number of carbonyl (C=O) groups is 1. The molecule has 0 aliphatic rings. The first-order chi connectivity index (χ1) is 6.72. The van der Waals surface area contributed by atoms with Crippen LogP contribution in [0, 0.1) is 0 Å². The highest BCUT2D eigenvalue weighted by Gasteiger charge is 2.04. The lowest BCUT2D eigenvalue weighted by Crippen LogP contribution is -1.95. The summed E-state index contributed by atoms with van der Waals surface area (Å²) < 4.78 is 18.9. The monoisotopic (exact) mass is 334 g/mol. The van der Waals surface area contributed by atoms with Gasteiger partial charge < -0.3 is 5.11 Å². The van der Waals surface area contributed by atoms with Crippen molar-refractivity contribution in [3.8, 4) is 0 Å². The Morgan fingerprint density at radius 2 is 1.67 bits per heavy atom. The van der Waals surface area contributed by atoms with Gasteiger partial charge in [0.05, 0.1) is 5.56 Å². The molecule has 0 aliphatic carbocycles. The van der Waals surface area contributed by atoms with Crippen molar-refractivity contribution in [2.45, 2.75) is 0 Å². The van der Waals surface area contributed by atoms with E-state index in [9.17, 15) is 4.79 Å². The summed E-state index contributed by atoms with van der Waals surface area (Å²) in [6, 6.07) is 6.71. The fraction of sp³-hybridized carbons (Fsp3) is 0. The summed E-state index contributed by atoms with van der Waals surface area (Å²) in [7, 11) is 4.81. The zero-order chi connectivity index (χ0) is 12.1. The van der Waals surface area contributed by atoms with Crippen LogP contribution in [-0.2, 0) is 8.26 Å². The average Bonchev–Trinajstić information content (AvgIpc) is 2.01. The van der Waals surface area contributed by atoms with Crippen molar-refractivity contribution >= 4 is 51.5 Å². The number of aromatic carboxylic acids is 1. The second-order valence-corrected chi connectivity index (χ2v) is 6.69. The molecule has 0 unspecified atom stereocenters. The largest absolute Gasteiger partial charge is 0.478 e. The van der Waals surface area contributed by atoms with Crippen molar-refractivity contribution in [3.63, 3.8) is 0 Å². The fourth-order valence-electron chi connectivity index (χ4n) is 0.635. The third-order valence-electron chi connectivity index (χ3n) is 1.10. The predicted molar refractivity (Wildman–Crippen MR) is 61.7 cm³/mol. The minimum absolute atomic E-state index is 0.294. The molecule has 0 heterocycles. The van der Waals surface area contributed by atoms with Crippen LogP contribution in [0.3, 0.4) is 0 Å². The molecule has 0 atom stereocenters. The number of hydrogen-bond acceptors (Lipinski definition) is 3. The van der Waals surface area contributed by atoms with Crippen LogP contribution in [0.25, 0.3) is 0 Å². The van der Waals surface area contributed by atoms with Crippen LogP contribution >= 0.6 is 37.3 Å². The van der Waals surface area contributed by atoms with Gasteiger partial charge in [-0.1, -0.05) is 12.1 Å². The molecule has 0 bridgehead atoms. The molecule has 0 fully saturated rings. The Morgan fingerprint density at radius 3 is 1.93 bits per heavy atom. The van der Waals surface area contributed by atoms with E-state index in [1.165, 1.54) is 0 Å². The first kappa shape index (κ1) is 14.7. The maximum absolute atomic E-state index is 10.4. The zero-order valence-electron chi connectivity index (χ0n) is 7.02. The molecule has 1 rings (SSSR count). The summed E-state index contributed by atoms with van der Waals surface area (Å²) in [6.45, 7) is 0. The van der Waals surface area contributed by atoms with Crippen LogP contribution in [-0.4, -0.2) is 19.5 Å². The second-order valence-electron chi connectivity index (χ2n) is 2.16. The summed E-state index contributed by atoms with van der Waals surface area (Å²) in [5.41, 5.74) is 0.294. The Balaban J connectivity index is 0.000000336. The number of carboxylic acids is 1. The van der Waals surface area contributed by atoms with Gasteiger partial charge in [-0.25, -0.2) is 4.79 Å². The van der Waals surface area contributed by atoms with Crippen LogP contribution in [0.2, 0.25) is 0 Å². The number of halogens is 3. The van der Waals surface area contributed by atoms with Gasteiger partial charge in [-0.15, -0.1) is 0 Å². The lowest BCUT2D eigenvalue weighted by atomic mass is 10.2. The van der Waals surface area contributed by atoms with Gasteiger partial charge >= 0.3 is 14.2 Å². The Labute approximate surface area is 104 Å². The van der Waals surface area contributed by atoms with E-state index in [2.05, 4.69) is 37.3 Å².